The van der Waals surface area contributed by atoms with Crippen molar-refractivity contribution in [2.24, 2.45) is 0 Å². The minimum Gasteiger partial charge on any atom is -0.494 e. The molecule has 2 aromatic heterocycles. The van der Waals surface area contributed by atoms with Crippen molar-refractivity contribution >= 4 is 17.4 Å². The Morgan fingerprint density at radius 2 is 1.88 bits per heavy atom. The Kier molecular flexibility index (Phi) is 6.82. The van der Waals surface area contributed by atoms with E-state index in [1.165, 1.54) is 4.68 Å². The van der Waals surface area contributed by atoms with Gasteiger partial charge in [0.1, 0.15) is 11.4 Å². The van der Waals surface area contributed by atoms with E-state index in [0.29, 0.717) is 23.6 Å². The molecule has 0 aliphatic heterocycles. The van der Waals surface area contributed by atoms with Gasteiger partial charge >= 0.3 is 0 Å². The number of nitrogens with one attached hydrogen (secondary N) is 2. The first-order valence-electron chi connectivity index (χ1n) is 10.7. The molecule has 0 spiro atoms. The summed E-state index contributed by atoms with van der Waals surface area (Å²) in [6.45, 7) is 4.50. The predicted octanol–water partition coefficient (Wildman–Crippen LogP) is 2.98. The van der Waals surface area contributed by atoms with Crippen molar-refractivity contribution in [3.05, 3.63) is 71.9 Å². The van der Waals surface area contributed by atoms with E-state index < -0.39 is 5.91 Å². The Morgan fingerprint density at radius 1 is 1.12 bits per heavy atom. The molecule has 0 saturated carbocycles. The quantitative estimate of drug-likeness (QED) is 0.321. The number of benzene rings is 2. The number of carbonyl (C=O) groups excluding carboxylic acids is 1. The molecule has 0 saturated heterocycles. The van der Waals surface area contributed by atoms with Gasteiger partial charge in [0.25, 0.3) is 5.91 Å². The number of nitrogens with zero attached hydrogens (tertiary/aromatic N) is 5. The number of allylic oxidation sites excluding steroid dienone is 1. The molecule has 4 rings (SSSR count). The number of nitrogen functional groups attached to an aromatic ring is 1. The molecule has 1 amide bonds. The number of hydrazine groups is 1. The van der Waals surface area contributed by atoms with Crippen LogP contribution in [0.25, 0.3) is 22.8 Å². The molecule has 0 atom stereocenters. The van der Waals surface area contributed by atoms with Crippen molar-refractivity contribution in [2.45, 2.75) is 20.3 Å². The van der Waals surface area contributed by atoms with Crippen molar-refractivity contribution in [2.75, 3.05) is 12.3 Å². The zero-order valence-corrected chi connectivity index (χ0v) is 18.7. The Bertz CT molecular complexity index is 1280. The maximum atomic E-state index is 13.1. The van der Waals surface area contributed by atoms with Crippen LogP contribution in [0.4, 0.5) is 5.82 Å². The number of carbonyl (C=O) groups is 1. The number of anilines is 1. The Labute approximate surface area is 195 Å². The van der Waals surface area contributed by atoms with Crippen LogP contribution in [-0.2, 0) is 0 Å². The molecule has 0 aliphatic carbocycles. The second kappa shape index (κ2) is 10.3. The standard InChI is InChI=1S/C23H24N8O3/c1-3-14-33-17-12-10-16(11-13-17)20-19(26-30-31(20)22-21(24)28-34-29-22)23(32)27-25-18(4-2)15-8-6-5-7-9-15/h4-13,25H,3,14H2,1-2H3,(H2,24,28)(H,27,32)/b18-4+. The molecule has 4 aromatic rings. The van der Waals surface area contributed by atoms with Gasteiger partial charge in [0.15, 0.2) is 5.69 Å². The SMILES string of the molecule is C/C=C(/NNC(=O)c1nnn(-c2nonc2N)c1-c1ccc(OCCC)cc1)c1ccccc1. The van der Waals surface area contributed by atoms with Crippen molar-refractivity contribution in [3.63, 3.8) is 0 Å². The first kappa shape index (κ1) is 22.5. The van der Waals surface area contributed by atoms with Crippen LogP contribution in [-0.4, -0.2) is 37.8 Å². The normalized spacial score (nSPS) is 11.3. The largest absolute Gasteiger partial charge is 0.494 e. The van der Waals surface area contributed by atoms with Crippen LogP contribution in [0.3, 0.4) is 0 Å². The number of nitrogens with two attached hydrogens (primary N) is 1. The summed E-state index contributed by atoms with van der Waals surface area (Å²) in [5, 5.41) is 15.6. The second-order valence-corrected chi connectivity index (χ2v) is 7.19. The molecule has 0 aliphatic rings. The molecule has 0 radical (unpaired) electrons. The van der Waals surface area contributed by atoms with Crippen LogP contribution in [0, 0.1) is 0 Å². The highest BCUT2D eigenvalue weighted by molar-refractivity contribution is 5.98. The lowest BCUT2D eigenvalue weighted by molar-refractivity contribution is 0.0938. The van der Waals surface area contributed by atoms with Gasteiger partial charge in [-0.25, -0.2) is 4.63 Å². The number of hydrogen-bond donors (Lipinski definition) is 3. The molecule has 0 unspecified atom stereocenters. The summed E-state index contributed by atoms with van der Waals surface area (Å²) < 4.78 is 11.7. The van der Waals surface area contributed by atoms with Gasteiger partial charge in [-0.15, -0.1) is 5.10 Å². The Morgan fingerprint density at radius 3 is 2.53 bits per heavy atom. The van der Waals surface area contributed by atoms with Gasteiger partial charge in [0, 0.05) is 5.56 Å². The second-order valence-electron chi connectivity index (χ2n) is 7.19. The third-order valence-electron chi connectivity index (χ3n) is 4.87. The summed E-state index contributed by atoms with van der Waals surface area (Å²) in [4.78, 5) is 13.1. The smallest absolute Gasteiger partial charge is 0.292 e. The van der Waals surface area contributed by atoms with E-state index in [-0.39, 0.29) is 17.3 Å². The van der Waals surface area contributed by atoms with E-state index in [2.05, 4.69) is 31.5 Å². The molecule has 0 bridgehead atoms. The van der Waals surface area contributed by atoms with Gasteiger partial charge in [-0.05, 0) is 53.5 Å². The van der Waals surface area contributed by atoms with Gasteiger partial charge in [0.2, 0.25) is 11.6 Å². The van der Waals surface area contributed by atoms with Crippen LogP contribution in [0.1, 0.15) is 36.3 Å². The molecule has 2 heterocycles. The van der Waals surface area contributed by atoms with E-state index >= 15 is 0 Å². The minimum absolute atomic E-state index is 0.0133. The Balaban J connectivity index is 1.65. The van der Waals surface area contributed by atoms with Gasteiger partial charge < -0.3 is 10.5 Å². The summed E-state index contributed by atoms with van der Waals surface area (Å²) in [6.07, 6.45) is 2.75. The van der Waals surface area contributed by atoms with E-state index in [4.69, 9.17) is 15.1 Å². The topological polar surface area (TPSA) is 146 Å². The van der Waals surface area contributed by atoms with Gasteiger partial charge in [-0.1, -0.05) is 48.5 Å². The zero-order chi connectivity index (χ0) is 23.9. The highest BCUT2D eigenvalue weighted by atomic mass is 16.6. The average molecular weight is 460 g/mol. The fraction of sp³-hybridized carbons (Fsp3) is 0.174. The number of ether oxygens (including phenoxy) is 1. The average Bonchev–Trinajstić information content (AvgIpc) is 3.50. The van der Waals surface area contributed by atoms with Crippen LogP contribution in [0.2, 0.25) is 0 Å². The lowest BCUT2D eigenvalue weighted by Crippen LogP contribution is -2.36. The predicted molar refractivity (Wildman–Crippen MR) is 126 cm³/mol. The first-order valence-corrected chi connectivity index (χ1v) is 10.7. The molecule has 34 heavy (non-hydrogen) atoms. The maximum absolute atomic E-state index is 13.1. The number of amides is 1. The third-order valence-corrected chi connectivity index (χ3v) is 4.87. The van der Waals surface area contributed by atoms with E-state index in [9.17, 15) is 4.79 Å². The fourth-order valence-electron chi connectivity index (χ4n) is 3.22. The highest BCUT2D eigenvalue weighted by Gasteiger charge is 2.25. The summed E-state index contributed by atoms with van der Waals surface area (Å²) in [5.41, 5.74) is 14.2. The van der Waals surface area contributed by atoms with Crippen LogP contribution >= 0.6 is 0 Å². The molecular weight excluding hydrogens is 436 g/mol. The first-order chi connectivity index (χ1) is 16.6. The maximum Gasteiger partial charge on any atom is 0.292 e. The zero-order valence-electron chi connectivity index (χ0n) is 18.7. The fourth-order valence-corrected chi connectivity index (χ4v) is 3.22. The van der Waals surface area contributed by atoms with Gasteiger partial charge in [-0.3, -0.25) is 15.6 Å². The van der Waals surface area contributed by atoms with E-state index in [1.54, 1.807) is 24.3 Å². The highest BCUT2D eigenvalue weighted by Crippen LogP contribution is 2.28. The monoisotopic (exact) mass is 460 g/mol. The van der Waals surface area contributed by atoms with Crippen molar-refractivity contribution in [3.8, 4) is 22.8 Å². The minimum atomic E-state index is -0.502. The summed E-state index contributed by atoms with van der Waals surface area (Å²) in [5.74, 6) is 0.344. The third kappa shape index (κ3) is 4.72. The molecule has 2 aromatic carbocycles. The van der Waals surface area contributed by atoms with E-state index in [0.717, 1.165) is 17.7 Å². The van der Waals surface area contributed by atoms with E-state index in [1.807, 2.05) is 50.3 Å². The van der Waals surface area contributed by atoms with Crippen molar-refractivity contribution in [1.29, 1.82) is 0 Å². The molecule has 11 nitrogen and oxygen atoms in total. The molecule has 11 heteroatoms. The number of aromatic nitrogens is 5. The van der Waals surface area contributed by atoms with Gasteiger partial charge in [0.05, 0.1) is 12.3 Å². The van der Waals surface area contributed by atoms with Crippen LogP contribution < -0.4 is 21.3 Å². The summed E-state index contributed by atoms with van der Waals surface area (Å²) >= 11 is 0. The lowest BCUT2D eigenvalue weighted by Gasteiger charge is -2.12. The lowest BCUT2D eigenvalue weighted by atomic mass is 10.1. The molecule has 4 N–H and O–H groups in total. The van der Waals surface area contributed by atoms with Gasteiger partial charge in [-0.2, -0.15) is 4.68 Å². The summed E-state index contributed by atoms with van der Waals surface area (Å²) in [6, 6.07) is 16.8. The molecule has 174 valence electrons. The number of hydrogen-bond acceptors (Lipinski definition) is 9. The van der Waals surface area contributed by atoms with Crippen molar-refractivity contribution < 1.29 is 14.2 Å². The molecular formula is C23H24N8O3. The van der Waals surface area contributed by atoms with Crippen LogP contribution in [0.15, 0.2) is 65.3 Å². The Hall–Kier alpha value is -4.67. The van der Waals surface area contributed by atoms with Crippen LogP contribution in [0.5, 0.6) is 5.75 Å². The van der Waals surface area contributed by atoms with Crippen molar-refractivity contribution in [1.82, 2.24) is 36.2 Å². The summed E-state index contributed by atoms with van der Waals surface area (Å²) in [7, 11) is 0. The number of rotatable bonds is 9. The molecule has 0 fully saturated rings.